The van der Waals surface area contributed by atoms with Crippen molar-refractivity contribution in [2.24, 2.45) is 0 Å². The van der Waals surface area contributed by atoms with E-state index in [4.69, 9.17) is 4.74 Å². The van der Waals surface area contributed by atoms with Gasteiger partial charge >= 0.3 is 0 Å². The third-order valence-electron chi connectivity index (χ3n) is 5.43. The van der Waals surface area contributed by atoms with E-state index in [-0.39, 0.29) is 12.0 Å². The summed E-state index contributed by atoms with van der Waals surface area (Å²) in [5.41, 5.74) is 2.44. The van der Waals surface area contributed by atoms with Crippen LogP contribution >= 0.6 is 0 Å². The van der Waals surface area contributed by atoms with E-state index in [9.17, 15) is 4.79 Å². The molecule has 0 bridgehead atoms. The molecule has 1 aromatic carbocycles. The van der Waals surface area contributed by atoms with Crippen molar-refractivity contribution in [1.82, 2.24) is 14.7 Å². The molecule has 2 aliphatic heterocycles. The SMILES string of the molecule is Cc1cccc(CN(CC2CCCO2)C(=O)CN2CCCN(C)CC2)c1. The molecule has 5 nitrogen and oxygen atoms in total. The number of likely N-dealkylation sites (N-methyl/N-ethyl adjacent to an activating group) is 1. The lowest BCUT2D eigenvalue weighted by Gasteiger charge is -2.29. The number of amides is 1. The first-order valence-corrected chi connectivity index (χ1v) is 9.96. The summed E-state index contributed by atoms with van der Waals surface area (Å²) in [5.74, 6) is 0.228. The van der Waals surface area contributed by atoms with Crippen LogP contribution in [-0.2, 0) is 16.1 Å². The maximum absolute atomic E-state index is 13.1. The Bertz CT molecular complexity index is 586. The average Bonchev–Trinajstić information content (AvgIpc) is 3.04. The normalized spacial score (nSPS) is 22.3. The van der Waals surface area contributed by atoms with Crippen molar-refractivity contribution in [3.8, 4) is 0 Å². The summed E-state index contributed by atoms with van der Waals surface area (Å²) in [6.45, 7) is 8.97. The number of aryl methyl sites for hydroxylation is 1. The van der Waals surface area contributed by atoms with Gasteiger partial charge in [0.25, 0.3) is 0 Å². The second kappa shape index (κ2) is 9.49. The first-order valence-electron chi connectivity index (χ1n) is 9.96. The Kier molecular flexibility index (Phi) is 7.06. The average molecular weight is 360 g/mol. The molecule has 0 radical (unpaired) electrons. The molecule has 1 unspecified atom stereocenters. The van der Waals surface area contributed by atoms with E-state index in [2.05, 4.69) is 48.0 Å². The molecular formula is C21H33N3O2. The Morgan fingerprint density at radius 3 is 2.88 bits per heavy atom. The van der Waals surface area contributed by atoms with Gasteiger partial charge in [0.1, 0.15) is 0 Å². The number of carbonyl (C=O) groups excluding carboxylic acids is 1. The predicted octanol–water partition coefficient (Wildman–Crippen LogP) is 2.14. The van der Waals surface area contributed by atoms with Crippen molar-refractivity contribution >= 4 is 5.91 Å². The fraction of sp³-hybridized carbons (Fsp3) is 0.667. The smallest absolute Gasteiger partial charge is 0.237 e. The van der Waals surface area contributed by atoms with Crippen LogP contribution in [0.25, 0.3) is 0 Å². The highest BCUT2D eigenvalue weighted by Gasteiger charge is 2.24. The molecule has 2 fully saturated rings. The van der Waals surface area contributed by atoms with Crippen LogP contribution in [0.15, 0.2) is 24.3 Å². The molecular weight excluding hydrogens is 326 g/mol. The molecule has 0 N–H and O–H groups in total. The topological polar surface area (TPSA) is 36.0 Å². The van der Waals surface area contributed by atoms with Crippen LogP contribution in [0.2, 0.25) is 0 Å². The zero-order valence-corrected chi connectivity index (χ0v) is 16.3. The van der Waals surface area contributed by atoms with Crippen molar-refractivity contribution in [3.05, 3.63) is 35.4 Å². The van der Waals surface area contributed by atoms with Crippen LogP contribution in [0.3, 0.4) is 0 Å². The second-order valence-corrected chi connectivity index (χ2v) is 7.83. The molecule has 144 valence electrons. The Hall–Kier alpha value is -1.43. The van der Waals surface area contributed by atoms with E-state index in [1.54, 1.807) is 0 Å². The zero-order chi connectivity index (χ0) is 18.4. The third kappa shape index (κ3) is 5.79. The summed E-state index contributed by atoms with van der Waals surface area (Å²) in [4.78, 5) is 19.8. The third-order valence-corrected chi connectivity index (χ3v) is 5.43. The fourth-order valence-corrected chi connectivity index (χ4v) is 3.87. The van der Waals surface area contributed by atoms with Crippen LogP contribution in [0.5, 0.6) is 0 Å². The molecule has 1 atom stereocenters. The van der Waals surface area contributed by atoms with Crippen molar-refractivity contribution < 1.29 is 9.53 Å². The molecule has 1 aromatic rings. The second-order valence-electron chi connectivity index (χ2n) is 7.83. The molecule has 5 heteroatoms. The maximum atomic E-state index is 13.1. The van der Waals surface area contributed by atoms with Crippen LogP contribution in [-0.4, -0.2) is 79.6 Å². The van der Waals surface area contributed by atoms with Crippen molar-refractivity contribution in [2.45, 2.75) is 38.8 Å². The Labute approximate surface area is 157 Å². The van der Waals surface area contributed by atoms with Crippen molar-refractivity contribution in [3.63, 3.8) is 0 Å². The number of benzene rings is 1. The van der Waals surface area contributed by atoms with Crippen LogP contribution in [0, 0.1) is 6.92 Å². The number of nitrogens with zero attached hydrogens (tertiary/aromatic N) is 3. The van der Waals surface area contributed by atoms with Gasteiger partial charge in [-0.05, 0) is 51.9 Å². The summed E-state index contributed by atoms with van der Waals surface area (Å²) in [5, 5.41) is 0. The first kappa shape index (κ1) is 19.3. The molecule has 0 aliphatic carbocycles. The molecule has 2 heterocycles. The number of carbonyl (C=O) groups is 1. The first-order chi connectivity index (χ1) is 12.6. The van der Waals surface area contributed by atoms with Gasteiger partial charge in [-0.3, -0.25) is 9.69 Å². The van der Waals surface area contributed by atoms with Crippen LogP contribution in [0.4, 0.5) is 0 Å². The minimum atomic E-state index is 0.194. The largest absolute Gasteiger partial charge is 0.376 e. The monoisotopic (exact) mass is 359 g/mol. The minimum absolute atomic E-state index is 0.194. The quantitative estimate of drug-likeness (QED) is 0.780. The van der Waals surface area contributed by atoms with E-state index >= 15 is 0 Å². The number of hydrogen-bond donors (Lipinski definition) is 0. The van der Waals surface area contributed by atoms with E-state index in [0.29, 0.717) is 19.6 Å². The van der Waals surface area contributed by atoms with Crippen LogP contribution < -0.4 is 0 Å². The van der Waals surface area contributed by atoms with Crippen molar-refractivity contribution in [2.75, 3.05) is 52.9 Å². The molecule has 3 rings (SSSR count). The summed E-state index contributed by atoms with van der Waals surface area (Å²) in [7, 11) is 2.16. The molecule has 0 saturated carbocycles. The Balaban J connectivity index is 1.63. The van der Waals surface area contributed by atoms with Crippen molar-refractivity contribution in [1.29, 1.82) is 0 Å². The highest BCUT2D eigenvalue weighted by Crippen LogP contribution is 2.16. The van der Waals surface area contributed by atoms with Gasteiger partial charge in [0.2, 0.25) is 5.91 Å². The lowest BCUT2D eigenvalue weighted by atomic mass is 10.1. The van der Waals surface area contributed by atoms with Gasteiger partial charge in [-0.1, -0.05) is 29.8 Å². The van der Waals surface area contributed by atoms with E-state index in [0.717, 1.165) is 52.0 Å². The standard InChI is InChI=1S/C21H33N3O2/c1-18-6-3-7-19(14-18)15-24(16-20-8-4-13-26-20)21(25)17-23-10-5-9-22(2)11-12-23/h3,6-7,14,20H,4-5,8-13,15-17H2,1-2H3. The van der Waals surface area contributed by atoms with Gasteiger partial charge < -0.3 is 14.5 Å². The fourth-order valence-electron chi connectivity index (χ4n) is 3.87. The lowest BCUT2D eigenvalue weighted by Crippen LogP contribution is -2.44. The Morgan fingerprint density at radius 1 is 1.23 bits per heavy atom. The van der Waals surface area contributed by atoms with Crippen LogP contribution in [0.1, 0.15) is 30.4 Å². The lowest BCUT2D eigenvalue weighted by molar-refractivity contribution is -0.134. The maximum Gasteiger partial charge on any atom is 0.237 e. The number of ether oxygens (including phenoxy) is 1. The highest BCUT2D eigenvalue weighted by molar-refractivity contribution is 5.78. The minimum Gasteiger partial charge on any atom is -0.376 e. The molecule has 26 heavy (non-hydrogen) atoms. The van der Waals surface area contributed by atoms with E-state index in [1.807, 2.05) is 4.90 Å². The molecule has 1 amide bonds. The predicted molar refractivity (Wildman–Crippen MR) is 104 cm³/mol. The molecule has 0 spiro atoms. The summed E-state index contributed by atoms with van der Waals surface area (Å²) >= 11 is 0. The molecule has 2 aliphatic rings. The summed E-state index contributed by atoms with van der Waals surface area (Å²) < 4.78 is 5.80. The molecule has 0 aromatic heterocycles. The van der Waals surface area contributed by atoms with E-state index < -0.39 is 0 Å². The Morgan fingerprint density at radius 2 is 2.12 bits per heavy atom. The van der Waals surface area contributed by atoms with Gasteiger partial charge in [-0.15, -0.1) is 0 Å². The van der Waals surface area contributed by atoms with Gasteiger partial charge in [-0.2, -0.15) is 0 Å². The summed E-state index contributed by atoms with van der Waals surface area (Å²) in [6, 6.07) is 8.47. The number of hydrogen-bond acceptors (Lipinski definition) is 4. The van der Waals surface area contributed by atoms with Gasteiger partial charge in [0.15, 0.2) is 0 Å². The number of rotatable bonds is 6. The molecule has 2 saturated heterocycles. The van der Waals surface area contributed by atoms with E-state index in [1.165, 1.54) is 11.1 Å². The van der Waals surface area contributed by atoms with Gasteiger partial charge in [0.05, 0.1) is 12.6 Å². The zero-order valence-electron chi connectivity index (χ0n) is 16.3. The van der Waals surface area contributed by atoms with Gasteiger partial charge in [-0.25, -0.2) is 0 Å². The van der Waals surface area contributed by atoms with Gasteiger partial charge in [0, 0.05) is 32.8 Å². The summed E-state index contributed by atoms with van der Waals surface area (Å²) in [6.07, 6.45) is 3.49. The highest BCUT2D eigenvalue weighted by atomic mass is 16.5.